The van der Waals surface area contributed by atoms with E-state index < -0.39 is 5.97 Å². The number of aryl methyl sites for hydroxylation is 2. The summed E-state index contributed by atoms with van der Waals surface area (Å²) in [6.45, 7) is 4.24. The van der Waals surface area contributed by atoms with Crippen LogP contribution in [0.4, 0.5) is 0 Å². The van der Waals surface area contributed by atoms with Gasteiger partial charge in [0.05, 0.1) is 0 Å². The van der Waals surface area contributed by atoms with E-state index in [9.17, 15) is 4.79 Å². The molecule has 1 rings (SSSR count). The molecule has 0 atom stereocenters. The molecule has 1 N–H and O–H groups in total. The Balaban J connectivity index is 2.72. The normalized spacial score (nSPS) is 10.9. The predicted octanol–water partition coefficient (Wildman–Crippen LogP) is 1.10. The van der Waals surface area contributed by atoms with Crippen molar-refractivity contribution in [3.8, 4) is 0 Å². The van der Waals surface area contributed by atoms with Gasteiger partial charge in [-0.05, 0) is 12.3 Å². The van der Waals surface area contributed by atoms with Crippen LogP contribution in [0.1, 0.15) is 36.7 Å². The number of aromatic carboxylic acids is 1. The second kappa shape index (κ2) is 4.21. The van der Waals surface area contributed by atoms with Gasteiger partial charge in [0.1, 0.15) is 5.82 Å². The molecular weight excluding hydrogens is 182 g/mol. The molecule has 5 heteroatoms. The number of carbonyl (C=O) groups is 1. The van der Waals surface area contributed by atoms with E-state index in [4.69, 9.17) is 5.11 Å². The molecule has 0 saturated heterocycles. The average molecular weight is 197 g/mol. The van der Waals surface area contributed by atoms with E-state index in [0.29, 0.717) is 5.92 Å². The Hall–Kier alpha value is -1.39. The van der Waals surface area contributed by atoms with Crippen molar-refractivity contribution in [2.45, 2.75) is 26.7 Å². The summed E-state index contributed by atoms with van der Waals surface area (Å²) < 4.78 is 1.53. The summed E-state index contributed by atoms with van der Waals surface area (Å²) in [6, 6.07) is 0. The smallest absolute Gasteiger partial charge is 0.375 e. The zero-order valence-corrected chi connectivity index (χ0v) is 8.69. The maximum atomic E-state index is 10.6. The van der Waals surface area contributed by atoms with Gasteiger partial charge in [-0.25, -0.2) is 9.78 Å². The van der Waals surface area contributed by atoms with Crippen molar-refractivity contribution < 1.29 is 9.90 Å². The molecule has 1 heterocycles. The monoisotopic (exact) mass is 197 g/mol. The van der Waals surface area contributed by atoms with Crippen LogP contribution in [-0.2, 0) is 13.5 Å². The fourth-order valence-electron chi connectivity index (χ4n) is 1.14. The summed E-state index contributed by atoms with van der Waals surface area (Å²) in [5.41, 5.74) is 0. The van der Waals surface area contributed by atoms with Gasteiger partial charge in [0.25, 0.3) is 5.82 Å². The summed E-state index contributed by atoms with van der Waals surface area (Å²) in [5, 5.41) is 12.5. The minimum atomic E-state index is -1.07. The standard InChI is InChI=1S/C9H15N3O2/c1-6(2)4-5-7-10-8(9(13)14)11-12(7)3/h6H,4-5H2,1-3H3,(H,13,14). The predicted molar refractivity (Wildman–Crippen MR) is 51.1 cm³/mol. The minimum absolute atomic E-state index is 0.119. The number of carboxylic acids is 1. The van der Waals surface area contributed by atoms with Crippen molar-refractivity contribution in [2.75, 3.05) is 0 Å². The van der Waals surface area contributed by atoms with Crippen LogP contribution in [0.5, 0.6) is 0 Å². The molecule has 0 saturated carbocycles. The molecule has 0 fully saturated rings. The number of hydrogen-bond donors (Lipinski definition) is 1. The van der Waals surface area contributed by atoms with Crippen molar-refractivity contribution in [2.24, 2.45) is 13.0 Å². The van der Waals surface area contributed by atoms with E-state index in [1.54, 1.807) is 7.05 Å². The summed E-state index contributed by atoms with van der Waals surface area (Å²) in [4.78, 5) is 14.5. The molecule has 0 aliphatic rings. The first-order chi connectivity index (χ1) is 6.50. The molecule has 0 spiro atoms. The highest BCUT2D eigenvalue weighted by Gasteiger charge is 2.12. The van der Waals surface area contributed by atoms with Gasteiger partial charge in [0.2, 0.25) is 0 Å². The van der Waals surface area contributed by atoms with Gasteiger partial charge in [0, 0.05) is 13.5 Å². The molecule has 78 valence electrons. The molecule has 14 heavy (non-hydrogen) atoms. The van der Waals surface area contributed by atoms with Crippen LogP contribution in [0, 0.1) is 5.92 Å². The maximum absolute atomic E-state index is 10.6. The largest absolute Gasteiger partial charge is 0.475 e. The van der Waals surface area contributed by atoms with Crippen LogP contribution < -0.4 is 0 Å². The van der Waals surface area contributed by atoms with Gasteiger partial charge < -0.3 is 5.11 Å². The van der Waals surface area contributed by atoms with E-state index in [2.05, 4.69) is 23.9 Å². The molecule has 0 aliphatic heterocycles. The lowest BCUT2D eigenvalue weighted by molar-refractivity contribution is 0.0683. The summed E-state index contributed by atoms with van der Waals surface area (Å²) in [5.74, 6) is 0.124. The summed E-state index contributed by atoms with van der Waals surface area (Å²) >= 11 is 0. The Morgan fingerprint density at radius 1 is 1.57 bits per heavy atom. The Labute approximate surface area is 82.8 Å². The van der Waals surface area contributed by atoms with Crippen molar-refractivity contribution in [1.29, 1.82) is 0 Å². The molecule has 0 bridgehead atoms. The van der Waals surface area contributed by atoms with E-state index in [0.717, 1.165) is 18.7 Å². The zero-order valence-electron chi connectivity index (χ0n) is 8.69. The van der Waals surface area contributed by atoms with Gasteiger partial charge in [0.15, 0.2) is 0 Å². The fourth-order valence-corrected chi connectivity index (χ4v) is 1.14. The lowest BCUT2D eigenvalue weighted by atomic mass is 10.1. The SMILES string of the molecule is CC(C)CCc1nc(C(=O)O)nn1C. The molecule has 1 aromatic heterocycles. The van der Waals surface area contributed by atoms with Crippen molar-refractivity contribution >= 4 is 5.97 Å². The quantitative estimate of drug-likeness (QED) is 0.784. The molecule has 0 radical (unpaired) electrons. The van der Waals surface area contributed by atoms with E-state index in [-0.39, 0.29) is 5.82 Å². The second-order valence-corrected chi connectivity index (χ2v) is 3.71. The first-order valence-corrected chi connectivity index (χ1v) is 4.64. The van der Waals surface area contributed by atoms with Gasteiger partial charge in [-0.2, -0.15) is 0 Å². The third-order valence-electron chi connectivity index (χ3n) is 1.99. The van der Waals surface area contributed by atoms with Crippen molar-refractivity contribution in [3.05, 3.63) is 11.6 Å². The molecule has 0 aliphatic carbocycles. The minimum Gasteiger partial charge on any atom is -0.475 e. The lowest BCUT2D eigenvalue weighted by Gasteiger charge is -2.02. The number of rotatable bonds is 4. The number of nitrogens with zero attached hydrogens (tertiary/aromatic N) is 3. The molecule has 0 amide bonds. The zero-order chi connectivity index (χ0) is 10.7. The Kier molecular flexibility index (Phi) is 3.22. The summed E-state index contributed by atoms with van der Waals surface area (Å²) in [7, 11) is 1.72. The number of carboxylic acid groups (broad SMARTS) is 1. The summed E-state index contributed by atoms with van der Waals surface area (Å²) in [6.07, 6.45) is 1.76. The third kappa shape index (κ3) is 2.55. The molecular formula is C9H15N3O2. The van der Waals surface area contributed by atoms with Gasteiger partial charge in [-0.15, -0.1) is 5.10 Å². The van der Waals surface area contributed by atoms with Crippen LogP contribution in [0.3, 0.4) is 0 Å². The van der Waals surface area contributed by atoms with E-state index in [1.807, 2.05) is 0 Å². The van der Waals surface area contributed by atoms with E-state index in [1.165, 1.54) is 4.68 Å². The average Bonchev–Trinajstić information content (AvgIpc) is 2.43. The molecule has 5 nitrogen and oxygen atoms in total. The van der Waals surface area contributed by atoms with Crippen LogP contribution in [0.2, 0.25) is 0 Å². The van der Waals surface area contributed by atoms with Crippen LogP contribution >= 0.6 is 0 Å². The topological polar surface area (TPSA) is 68.0 Å². The highest BCUT2D eigenvalue weighted by molar-refractivity contribution is 5.82. The van der Waals surface area contributed by atoms with Crippen LogP contribution in [-0.4, -0.2) is 25.8 Å². The third-order valence-corrected chi connectivity index (χ3v) is 1.99. The Morgan fingerprint density at radius 3 is 2.64 bits per heavy atom. The molecule has 1 aromatic rings. The maximum Gasteiger partial charge on any atom is 0.375 e. The first-order valence-electron chi connectivity index (χ1n) is 4.64. The Morgan fingerprint density at radius 2 is 2.21 bits per heavy atom. The van der Waals surface area contributed by atoms with Crippen LogP contribution in [0.15, 0.2) is 0 Å². The van der Waals surface area contributed by atoms with Crippen LogP contribution in [0.25, 0.3) is 0 Å². The Bertz CT molecular complexity index is 331. The van der Waals surface area contributed by atoms with Gasteiger partial charge >= 0.3 is 5.97 Å². The lowest BCUT2D eigenvalue weighted by Crippen LogP contribution is -2.01. The highest BCUT2D eigenvalue weighted by Crippen LogP contribution is 2.06. The van der Waals surface area contributed by atoms with E-state index >= 15 is 0 Å². The van der Waals surface area contributed by atoms with Crippen molar-refractivity contribution in [3.63, 3.8) is 0 Å². The molecule has 0 aromatic carbocycles. The second-order valence-electron chi connectivity index (χ2n) is 3.71. The fraction of sp³-hybridized carbons (Fsp3) is 0.667. The first kappa shape index (κ1) is 10.7. The molecule has 0 unspecified atom stereocenters. The van der Waals surface area contributed by atoms with Gasteiger partial charge in [-0.3, -0.25) is 4.68 Å². The van der Waals surface area contributed by atoms with Gasteiger partial charge in [-0.1, -0.05) is 13.8 Å². The number of aromatic nitrogens is 3. The van der Waals surface area contributed by atoms with Crippen molar-refractivity contribution in [1.82, 2.24) is 14.8 Å². The number of hydrogen-bond acceptors (Lipinski definition) is 3. The highest BCUT2D eigenvalue weighted by atomic mass is 16.4.